The number of rotatable bonds is 6. The molecule has 2 nitrogen and oxygen atoms in total. The van der Waals surface area contributed by atoms with Crippen molar-refractivity contribution in [1.29, 1.82) is 0 Å². The topological polar surface area (TPSA) is 15.3 Å². The molecule has 0 spiro atoms. The molecular formula is C11H26N2. The van der Waals surface area contributed by atoms with Crippen LogP contribution in [0.3, 0.4) is 0 Å². The van der Waals surface area contributed by atoms with Gasteiger partial charge < -0.3 is 10.2 Å². The molecular weight excluding hydrogens is 160 g/mol. The lowest BCUT2D eigenvalue weighted by molar-refractivity contribution is 0.151. The molecule has 0 rings (SSSR count). The fourth-order valence-electron chi connectivity index (χ4n) is 1.74. The molecule has 0 aromatic heterocycles. The van der Waals surface area contributed by atoms with E-state index in [1.807, 2.05) is 7.05 Å². The van der Waals surface area contributed by atoms with E-state index in [0.717, 1.165) is 13.1 Å². The summed E-state index contributed by atoms with van der Waals surface area (Å²) in [5, 5.41) is 3.25. The van der Waals surface area contributed by atoms with Crippen LogP contribution in [0.2, 0.25) is 0 Å². The lowest BCUT2D eigenvalue weighted by atomic mass is 9.92. The maximum Gasteiger partial charge on any atom is 0.00474 e. The van der Waals surface area contributed by atoms with Crippen LogP contribution >= 0.6 is 0 Å². The Bertz CT molecular complexity index is 130. The van der Waals surface area contributed by atoms with Gasteiger partial charge in [0.15, 0.2) is 0 Å². The lowest BCUT2D eigenvalue weighted by Crippen LogP contribution is -2.42. The van der Waals surface area contributed by atoms with E-state index in [1.165, 1.54) is 6.54 Å². The zero-order valence-corrected chi connectivity index (χ0v) is 10.1. The monoisotopic (exact) mass is 186 g/mol. The predicted molar refractivity (Wildman–Crippen MR) is 60.1 cm³/mol. The summed E-state index contributed by atoms with van der Waals surface area (Å²) in [6.45, 7) is 14.8. The van der Waals surface area contributed by atoms with Gasteiger partial charge in [-0.2, -0.15) is 0 Å². The van der Waals surface area contributed by atoms with Gasteiger partial charge >= 0.3 is 0 Å². The average Bonchev–Trinajstić information content (AvgIpc) is 1.99. The Balaban J connectivity index is 4.05. The van der Waals surface area contributed by atoms with E-state index in [9.17, 15) is 0 Å². The summed E-state index contributed by atoms with van der Waals surface area (Å²) in [4.78, 5) is 2.51. The van der Waals surface area contributed by atoms with Crippen molar-refractivity contribution in [2.75, 3.05) is 26.7 Å². The summed E-state index contributed by atoms with van der Waals surface area (Å²) in [5.74, 6) is 0. The van der Waals surface area contributed by atoms with E-state index in [-0.39, 0.29) is 0 Å². The minimum absolute atomic E-state index is 0.370. The summed E-state index contributed by atoms with van der Waals surface area (Å²) in [6, 6.07) is 0.654. The van der Waals surface area contributed by atoms with Crippen LogP contribution in [0.4, 0.5) is 0 Å². The highest BCUT2D eigenvalue weighted by atomic mass is 15.1. The van der Waals surface area contributed by atoms with Gasteiger partial charge in [-0.05, 0) is 32.9 Å². The van der Waals surface area contributed by atoms with E-state index < -0.39 is 0 Å². The third-order valence-electron chi connectivity index (χ3n) is 2.42. The van der Waals surface area contributed by atoms with Gasteiger partial charge in [0.1, 0.15) is 0 Å². The SMILES string of the molecule is CCN(CC(C)(C)CNC)C(C)C. The van der Waals surface area contributed by atoms with E-state index >= 15 is 0 Å². The Hall–Kier alpha value is -0.0800. The van der Waals surface area contributed by atoms with Crippen molar-refractivity contribution in [1.82, 2.24) is 10.2 Å². The van der Waals surface area contributed by atoms with Gasteiger partial charge in [-0.25, -0.2) is 0 Å². The molecule has 0 fully saturated rings. The van der Waals surface area contributed by atoms with Crippen LogP contribution in [-0.4, -0.2) is 37.6 Å². The van der Waals surface area contributed by atoms with Crippen LogP contribution in [0.25, 0.3) is 0 Å². The fraction of sp³-hybridized carbons (Fsp3) is 1.00. The molecule has 0 aliphatic carbocycles. The van der Waals surface area contributed by atoms with Crippen LogP contribution in [0.1, 0.15) is 34.6 Å². The molecule has 0 aliphatic heterocycles. The molecule has 1 N–H and O–H groups in total. The molecule has 80 valence electrons. The molecule has 0 saturated heterocycles. The molecule has 0 aromatic carbocycles. The average molecular weight is 186 g/mol. The number of hydrogen-bond donors (Lipinski definition) is 1. The van der Waals surface area contributed by atoms with Gasteiger partial charge in [0.05, 0.1) is 0 Å². The molecule has 2 heteroatoms. The van der Waals surface area contributed by atoms with Gasteiger partial charge in [0, 0.05) is 19.1 Å². The van der Waals surface area contributed by atoms with Crippen LogP contribution in [0.5, 0.6) is 0 Å². The molecule has 0 bridgehead atoms. The first-order valence-corrected chi connectivity index (χ1v) is 5.31. The fourth-order valence-corrected chi connectivity index (χ4v) is 1.74. The maximum absolute atomic E-state index is 3.25. The third kappa shape index (κ3) is 5.27. The molecule has 0 radical (unpaired) electrons. The third-order valence-corrected chi connectivity index (χ3v) is 2.42. The quantitative estimate of drug-likeness (QED) is 0.682. The minimum atomic E-state index is 0.370. The van der Waals surface area contributed by atoms with E-state index in [4.69, 9.17) is 0 Å². The van der Waals surface area contributed by atoms with Gasteiger partial charge in [-0.1, -0.05) is 20.8 Å². The van der Waals surface area contributed by atoms with Crippen LogP contribution in [-0.2, 0) is 0 Å². The van der Waals surface area contributed by atoms with Crippen molar-refractivity contribution in [3.63, 3.8) is 0 Å². The molecule has 13 heavy (non-hydrogen) atoms. The van der Waals surface area contributed by atoms with Crippen molar-refractivity contribution < 1.29 is 0 Å². The molecule has 0 unspecified atom stereocenters. The molecule has 0 aliphatic rings. The molecule has 0 saturated carbocycles. The zero-order chi connectivity index (χ0) is 10.5. The van der Waals surface area contributed by atoms with E-state index in [0.29, 0.717) is 11.5 Å². The Morgan fingerprint density at radius 2 is 1.85 bits per heavy atom. The van der Waals surface area contributed by atoms with Gasteiger partial charge in [-0.3, -0.25) is 0 Å². The smallest absolute Gasteiger partial charge is 0.00474 e. The summed E-state index contributed by atoms with van der Waals surface area (Å²) in [6.07, 6.45) is 0. The van der Waals surface area contributed by atoms with Crippen molar-refractivity contribution in [2.45, 2.75) is 40.7 Å². The van der Waals surface area contributed by atoms with Gasteiger partial charge in [0.25, 0.3) is 0 Å². The Morgan fingerprint density at radius 3 is 2.15 bits per heavy atom. The number of nitrogens with zero attached hydrogens (tertiary/aromatic N) is 1. The minimum Gasteiger partial charge on any atom is -0.319 e. The molecule has 0 atom stereocenters. The summed E-state index contributed by atoms with van der Waals surface area (Å²) < 4.78 is 0. The van der Waals surface area contributed by atoms with E-state index in [1.54, 1.807) is 0 Å². The van der Waals surface area contributed by atoms with Crippen molar-refractivity contribution in [3.8, 4) is 0 Å². The number of hydrogen-bond acceptors (Lipinski definition) is 2. The first-order chi connectivity index (χ1) is 5.93. The largest absolute Gasteiger partial charge is 0.319 e. The normalized spacial score (nSPS) is 12.9. The molecule has 0 amide bonds. The highest BCUT2D eigenvalue weighted by molar-refractivity contribution is 4.76. The second-order valence-electron chi connectivity index (χ2n) is 4.85. The number of nitrogens with one attached hydrogen (secondary N) is 1. The zero-order valence-electron chi connectivity index (χ0n) is 10.1. The van der Waals surface area contributed by atoms with Gasteiger partial charge in [-0.15, -0.1) is 0 Å². The second-order valence-corrected chi connectivity index (χ2v) is 4.85. The highest BCUT2D eigenvalue weighted by Crippen LogP contribution is 2.16. The molecule has 0 aromatic rings. The van der Waals surface area contributed by atoms with Crippen molar-refractivity contribution in [2.24, 2.45) is 5.41 Å². The van der Waals surface area contributed by atoms with Crippen molar-refractivity contribution in [3.05, 3.63) is 0 Å². The Labute approximate surface area is 83.7 Å². The van der Waals surface area contributed by atoms with Crippen molar-refractivity contribution >= 4 is 0 Å². The Morgan fingerprint density at radius 1 is 1.31 bits per heavy atom. The van der Waals surface area contributed by atoms with Gasteiger partial charge in [0.2, 0.25) is 0 Å². The summed E-state index contributed by atoms with van der Waals surface area (Å²) in [7, 11) is 2.02. The highest BCUT2D eigenvalue weighted by Gasteiger charge is 2.21. The summed E-state index contributed by atoms with van der Waals surface area (Å²) >= 11 is 0. The summed E-state index contributed by atoms with van der Waals surface area (Å²) in [5.41, 5.74) is 0.370. The first-order valence-electron chi connectivity index (χ1n) is 5.31. The first kappa shape index (κ1) is 12.9. The lowest BCUT2D eigenvalue weighted by Gasteiger charge is -2.34. The van der Waals surface area contributed by atoms with Crippen LogP contribution in [0.15, 0.2) is 0 Å². The second kappa shape index (κ2) is 5.61. The maximum atomic E-state index is 3.25. The van der Waals surface area contributed by atoms with E-state index in [2.05, 4.69) is 44.8 Å². The van der Waals surface area contributed by atoms with Crippen LogP contribution in [0, 0.1) is 5.41 Å². The Kier molecular flexibility index (Phi) is 5.57. The van der Waals surface area contributed by atoms with Crippen LogP contribution < -0.4 is 5.32 Å². The molecule has 0 heterocycles. The standard InChI is InChI=1S/C11H26N2/c1-7-13(10(2)3)9-11(4,5)8-12-6/h10,12H,7-9H2,1-6H3. The predicted octanol–water partition coefficient (Wildman–Crippen LogP) is 1.96.